The normalized spacial score (nSPS) is 18.5. The second-order valence-corrected chi connectivity index (χ2v) is 21.0. The zero-order valence-electron chi connectivity index (χ0n) is 43.8. The van der Waals surface area contributed by atoms with E-state index in [-0.39, 0.29) is 17.7 Å². The van der Waals surface area contributed by atoms with Gasteiger partial charge in [-0.15, -0.1) is 0 Å². The molecule has 3 fully saturated rings. The number of alkyl carbamates (subject to hydrolysis) is 2. The van der Waals surface area contributed by atoms with Crippen LogP contribution in [0.2, 0.25) is 0 Å². The Kier molecular flexibility index (Phi) is 18.3. The molecule has 4 amide bonds. The smallest absolute Gasteiger partial charge is 0.407 e. The number of alkyl halides is 5. The van der Waals surface area contributed by atoms with Crippen LogP contribution in [0.1, 0.15) is 76.3 Å². The summed E-state index contributed by atoms with van der Waals surface area (Å²) in [7, 11) is 1.92. The lowest BCUT2D eigenvalue weighted by Gasteiger charge is -2.47. The van der Waals surface area contributed by atoms with E-state index in [4.69, 9.17) is 9.47 Å². The van der Waals surface area contributed by atoms with E-state index in [9.17, 15) is 46.2 Å². The highest BCUT2D eigenvalue weighted by atomic mass is 19.4. The van der Waals surface area contributed by atoms with Crippen molar-refractivity contribution in [2.45, 2.75) is 116 Å². The molecule has 5 N–H and O–H groups in total. The Hall–Kier alpha value is -7.08. The Balaban J connectivity index is 1.16. The largest absolute Gasteiger partial charge is 0.453 e. The molecule has 0 spiro atoms. The van der Waals surface area contributed by atoms with Crippen molar-refractivity contribution < 1.29 is 69.2 Å². The summed E-state index contributed by atoms with van der Waals surface area (Å²) in [6.07, 6.45) is -2.66. The van der Waals surface area contributed by atoms with Gasteiger partial charge in [-0.3, -0.25) is 24.5 Å². The molecule has 3 aliphatic heterocycles. The van der Waals surface area contributed by atoms with Crippen molar-refractivity contribution in [3.63, 3.8) is 0 Å². The Morgan fingerprint density at radius 2 is 1.40 bits per heavy atom. The van der Waals surface area contributed by atoms with Gasteiger partial charge in [-0.1, -0.05) is 44.7 Å². The number of piperazine rings is 1. The fourth-order valence-electron chi connectivity index (χ4n) is 9.49. The van der Waals surface area contributed by atoms with Crippen LogP contribution in [0.3, 0.4) is 0 Å². The number of benzene rings is 2. The minimum absolute atomic E-state index is 0.208. The molecule has 6 atom stereocenters. The van der Waals surface area contributed by atoms with Crippen LogP contribution >= 0.6 is 0 Å². The maximum atomic E-state index is 16.0. The molecule has 2 aromatic carbocycles. The summed E-state index contributed by atoms with van der Waals surface area (Å²) < 4.78 is 117. The van der Waals surface area contributed by atoms with Gasteiger partial charge in [0.05, 0.1) is 68.6 Å². The molecule has 78 heavy (non-hydrogen) atoms. The highest BCUT2D eigenvalue weighted by Gasteiger charge is 2.56. The number of amides is 4. The Bertz CT molecular complexity index is 2800. The van der Waals surface area contributed by atoms with Crippen LogP contribution < -0.4 is 26.3 Å². The molecule has 7 rings (SSSR count). The number of ether oxygens (including phenoxy) is 3. The zero-order valence-corrected chi connectivity index (χ0v) is 43.8. The predicted molar refractivity (Wildman–Crippen MR) is 267 cm³/mol. The highest BCUT2D eigenvalue weighted by molar-refractivity contribution is 5.87. The first-order valence-electron chi connectivity index (χ1n) is 24.9. The van der Waals surface area contributed by atoms with Gasteiger partial charge in [0.2, 0.25) is 11.9 Å². The van der Waals surface area contributed by atoms with Gasteiger partial charge >= 0.3 is 24.9 Å². The third-order valence-corrected chi connectivity index (χ3v) is 14.1. The van der Waals surface area contributed by atoms with Gasteiger partial charge in [-0.05, 0) is 68.4 Å². The van der Waals surface area contributed by atoms with Gasteiger partial charge < -0.3 is 40.2 Å². The van der Waals surface area contributed by atoms with Crippen molar-refractivity contribution >= 4 is 29.9 Å². The maximum Gasteiger partial charge on any atom is 0.407 e. The number of carbonyl (C=O) groups is 4. The molecular weight excluding hydrogens is 1040 g/mol. The van der Waals surface area contributed by atoms with Crippen molar-refractivity contribution in [2.75, 3.05) is 52.0 Å². The summed E-state index contributed by atoms with van der Waals surface area (Å²) in [5.74, 6) is 1.77. The van der Waals surface area contributed by atoms with Crippen molar-refractivity contribution in [2.24, 2.45) is 10.8 Å². The Labute approximate surface area is 445 Å². The lowest BCUT2D eigenvalue weighted by Crippen LogP contribution is -2.63. The molecule has 0 radical (unpaired) electrons. The minimum atomic E-state index is -5.09. The van der Waals surface area contributed by atoms with Gasteiger partial charge in [0.1, 0.15) is 23.7 Å². The fraction of sp³-hybridized carbons (Fsp3) is 0.519. The first-order valence-corrected chi connectivity index (χ1v) is 24.9. The average Bonchev–Trinajstić information content (AvgIpc) is 3.97. The summed E-state index contributed by atoms with van der Waals surface area (Å²) in [6, 6.07) is 3.91. The molecule has 4 aromatic rings. The molecule has 26 heteroatoms. The quantitative estimate of drug-likeness (QED) is 0.0475. The molecule has 3 saturated heterocycles. The van der Waals surface area contributed by atoms with Gasteiger partial charge in [-0.25, -0.2) is 38.3 Å². The summed E-state index contributed by atoms with van der Waals surface area (Å²) in [5, 5.41) is 19.7. The summed E-state index contributed by atoms with van der Waals surface area (Å²) >= 11 is 0. The number of nitrogens with zero attached hydrogens (tertiary/aromatic N) is 7. The van der Waals surface area contributed by atoms with Gasteiger partial charge in [0, 0.05) is 73.5 Å². The topological polar surface area (TPSA) is 218 Å². The summed E-state index contributed by atoms with van der Waals surface area (Å²) in [6.45, 7) is 4.50. The summed E-state index contributed by atoms with van der Waals surface area (Å²) in [5.41, 5.74) is -1.28. The van der Waals surface area contributed by atoms with Gasteiger partial charge in [-0.2, -0.15) is 22.0 Å². The third-order valence-electron chi connectivity index (χ3n) is 14.1. The number of fused-ring (bicyclic) bond motifs is 2. The second kappa shape index (κ2) is 24.3. The number of hydrazine groups is 1. The minimum Gasteiger partial charge on any atom is -0.453 e. The standard InChI is InChI=1S/C52H62F7N11O8/c1-50(2,3)42(64-48(74)76-6)45(73)66-69(23-36-37(53)17-32(18-38(36)54)40-24-68(28-62-40)46(55)56)25-41(71)39(63-44(72)43(65-49(75)77-7)51(4,5)52(57,58)59)16-30-11-8-29(9-12-30)10-13-31-19-60-47(61-20-31)67-21-33-14-15-34(22-67)70(33)35-26-78-27-35/h8-9,11-12,17-20,24,28,33-35,39,41-43,46,71H,14-16,21-23,25-27H2,1-7H3,(H,63,72)(H,64,74)(H,65,75)(H,66,73)/t33?,34?,39-,41-,42+,43+/m0/s1. The van der Waals surface area contributed by atoms with Crippen molar-refractivity contribution in [1.29, 1.82) is 0 Å². The number of nitrogens with one attached hydrogen (secondary N) is 4. The SMILES string of the molecule is COC(=O)N[C@H](C(=O)NN(Cc1c(F)cc(-c2cn(C(F)F)cn2)cc1F)C[C@H](O)[C@H](Cc1ccc(C#Cc2cnc(N3CC4CCC(C3)N4C3COC3)nc2)cc1)NC(=O)[C@@H](NC(=O)OC)C(C)(C)C(F)(F)F)C(C)(C)C. The van der Waals surface area contributed by atoms with Gasteiger partial charge in [0.25, 0.3) is 5.91 Å². The lowest BCUT2D eigenvalue weighted by atomic mass is 9.82. The molecule has 2 aromatic heterocycles. The Morgan fingerprint density at radius 3 is 1.91 bits per heavy atom. The maximum absolute atomic E-state index is 16.0. The van der Waals surface area contributed by atoms with Crippen molar-refractivity contribution in [3.8, 4) is 23.1 Å². The molecule has 5 heterocycles. The number of aliphatic hydroxyl groups excluding tert-OH is 1. The van der Waals surface area contributed by atoms with Crippen LogP contribution in [-0.2, 0) is 36.8 Å². The van der Waals surface area contributed by atoms with Gasteiger partial charge in [0.15, 0.2) is 0 Å². The van der Waals surface area contributed by atoms with E-state index in [0.717, 1.165) is 83.0 Å². The van der Waals surface area contributed by atoms with E-state index in [1.54, 1.807) is 57.4 Å². The van der Waals surface area contributed by atoms with E-state index in [0.29, 0.717) is 59.2 Å². The van der Waals surface area contributed by atoms with Crippen LogP contribution in [0.25, 0.3) is 11.3 Å². The molecule has 0 saturated carbocycles. The number of hydrogen-bond acceptors (Lipinski definition) is 14. The number of halogens is 7. The Morgan fingerprint density at radius 1 is 0.821 bits per heavy atom. The second-order valence-electron chi connectivity index (χ2n) is 21.0. The van der Waals surface area contributed by atoms with Crippen molar-refractivity contribution in [3.05, 3.63) is 95.2 Å². The lowest BCUT2D eigenvalue weighted by molar-refractivity contribution is -0.220. The molecule has 2 bridgehead atoms. The van der Waals surface area contributed by atoms with E-state index in [1.165, 1.54) is 0 Å². The summed E-state index contributed by atoms with van der Waals surface area (Å²) in [4.78, 5) is 70.7. The molecular formula is C52H62F7N11O8. The number of hydrogen-bond donors (Lipinski definition) is 5. The molecule has 2 unspecified atom stereocenters. The first-order chi connectivity index (χ1) is 36.8. The molecule has 422 valence electrons. The molecule has 3 aliphatic rings. The van der Waals surface area contributed by atoms with E-state index < -0.39 is 102 Å². The predicted octanol–water partition coefficient (Wildman–Crippen LogP) is 5.47. The number of methoxy groups -OCH3 is 2. The zero-order chi connectivity index (χ0) is 56.9. The monoisotopic (exact) mass is 1100 g/mol. The van der Waals surface area contributed by atoms with E-state index in [1.807, 2.05) is 5.32 Å². The van der Waals surface area contributed by atoms with Crippen LogP contribution in [0, 0.1) is 34.3 Å². The van der Waals surface area contributed by atoms with E-state index in [2.05, 4.69) is 57.4 Å². The number of anilines is 1. The fourth-order valence-corrected chi connectivity index (χ4v) is 9.49. The average molecular weight is 1100 g/mol. The number of aromatic nitrogens is 4. The highest BCUT2D eigenvalue weighted by Crippen LogP contribution is 2.41. The number of imidazole rings is 1. The third kappa shape index (κ3) is 14.0. The van der Waals surface area contributed by atoms with Crippen LogP contribution in [0.15, 0.2) is 61.3 Å². The van der Waals surface area contributed by atoms with Crippen LogP contribution in [0.5, 0.6) is 0 Å². The number of carbonyl (C=O) groups excluding carboxylic acids is 4. The van der Waals surface area contributed by atoms with Crippen molar-refractivity contribution in [1.82, 2.24) is 50.8 Å². The molecule has 0 aliphatic carbocycles. The number of rotatable bonds is 18. The first kappa shape index (κ1) is 58.6. The van der Waals surface area contributed by atoms with Crippen LogP contribution in [0.4, 0.5) is 46.3 Å². The van der Waals surface area contributed by atoms with Crippen LogP contribution in [-0.4, -0.2) is 154 Å². The van der Waals surface area contributed by atoms with E-state index >= 15 is 8.78 Å². The molecule has 19 nitrogen and oxygen atoms in total. The number of aliphatic hydroxyl groups is 1.